The predicted octanol–water partition coefficient (Wildman–Crippen LogP) is 2.47. The summed E-state index contributed by atoms with van der Waals surface area (Å²) in [5.41, 5.74) is 2.59. The summed E-state index contributed by atoms with van der Waals surface area (Å²) in [7, 11) is 0. The minimum absolute atomic E-state index is 0.0726. The number of rotatable bonds is 5. The van der Waals surface area contributed by atoms with E-state index in [1.165, 1.54) is 0 Å². The lowest BCUT2D eigenvalue weighted by Gasteiger charge is -2.08. The molecule has 0 aliphatic heterocycles. The first-order valence-corrected chi connectivity index (χ1v) is 8.49. The van der Waals surface area contributed by atoms with Gasteiger partial charge in [0.2, 0.25) is 16.9 Å². The van der Waals surface area contributed by atoms with E-state index >= 15 is 0 Å². The molecule has 0 spiro atoms. The van der Waals surface area contributed by atoms with Crippen LogP contribution in [0.3, 0.4) is 0 Å². The standard InChI is InChI=1S/C16H14ClN7O3/c1-3-26-12(25)7-11-20-21-15-13(18-9-5-4-8(2)10(17)6-9)19-14-16(24(11)15)23-27-22-14/h4-6H,3,7H2,1-2H3,(H,18,19,22). The van der Waals surface area contributed by atoms with E-state index in [-0.39, 0.29) is 18.7 Å². The molecule has 0 bridgehead atoms. The van der Waals surface area contributed by atoms with Crippen LogP contribution in [0.4, 0.5) is 11.5 Å². The Bertz CT molecular complexity index is 1150. The minimum Gasteiger partial charge on any atom is -0.466 e. The predicted molar refractivity (Wildman–Crippen MR) is 96.0 cm³/mol. The van der Waals surface area contributed by atoms with Crippen LogP contribution in [0.15, 0.2) is 22.8 Å². The topological polar surface area (TPSA) is 120 Å². The van der Waals surface area contributed by atoms with Gasteiger partial charge in [-0.25, -0.2) is 9.61 Å². The Labute approximate surface area is 157 Å². The maximum atomic E-state index is 11.9. The molecule has 10 nitrogen and oxygen atoms in total. The number of nitrogens with zero attached hydrogens (tertiary/aromatic N) is 6. The van der Waals surface area contributed by atoms with E-state index in [1.54, 1.807) is 17.4 Å². The summed E-state index contributed by atoms with van der Waals surface area (Å²) in [5, 5.41) is 19.6. The molecular formula is C16H14ClN7O3. The number of nitrogens with one attached hydrogen (secondary N) is 1. The largest absolute Gasteiger partial charge is 0.466 e. The van der Waals surface area contributed by atoms with E-state index in [4.69, 9.17) is 21.0 Å². The first-order chi connectivity index (χ1) is 13.1. The molecule has 0 amide bonds. The molecule has 1 aromatic carbocycles. The number of halogens is 1. The Morgan fingerprint density at radius 3 is 2.93 bits per heavy atom. The van der Waals surface area contributed by atoms with Crippen molar-refractivity contribution in [3.63, 3.8) is 0 Å². The van der Waals surface area contributed by atoms with Gasteiger partial charge in [0.15, 0.2) is 11.6 Å². The first kappa shape index (κ1) is 17.2. The van der Waals surface area contributed by atoms with Gasteiger partial charge in [-0.2, -0.15) is 0 Å². The van der Waals surface area contributed by atoms with Gasteiger partial charge in [-0.1, -0.05) is 17.7 Å². The van der Waals surface area contributed by atoms with E-state index in [1.807, 2.05) is 19.1 Å². The van der Waals surface area contributed by atoms with E-state index in [0.29, 0.717) is 33.6 Å². The third kappa shape index (κ3) is 3.14. The third-order valence-corrected chi connectivity index (χ3v) is 4.28. The fourth-order valence-electron chi connectivity index (χ4n) is 2.59. The van der Waals surface area contributed by atoms with Gasteiger partial charge < -0.3 is 10.1 Å². The zero-order valence-corrected chi connectivity index (χ0v) is 15.2. The average Bonchev–Trinajstić information content (AvgIpc) is 3.25. The maximum absolute atomic E-state index is 11.9. The van der Waals surface area contributed by atoms with Crippen LogP contribution in [0.2, 0.25) is 5.02 Å². The quantitative estimate of drug-likeness (QED) is 0.514. The van der Waals surface area contributed by atoms with Crippen molar-refractivity contribution in [2.24, 2.45) is 0 Å². The molecule has 0 atom stereocenters. The van der Waals surface area contributed by atoms with Crippen LogP contribution in [0.5, 0.6) is 0 Å². The molecule has 0 aliphatic carbocycles. The lowest BCUT2D eigenvalue weighted by atomic mass is 10.2. The van der Waals surface area contributed by atoms with Crippen molar-refractivity contribution >= 4 is 46.0 Å². The fourth-order valence-corrected chi connectivity index (χ4v) is 2.77. The number of anilines is 2. The van der Waals surface area contributed by atoms with Crippen molar-refractivity contribution in [2.75, 3.05) is 11.9 Å². The van der Waals surface area contributed by atoms with Crippen molar-refractivity contribution in [3.05, 3.63) is 34.6 Å². The number of hydrogen-bond donors (Lipinski definition) is 1. The van der Waals surface area contributed by atoms with Crippen LogP contribution in [-0.4, -0.2) is 42.5 Å². The van der Waals surface area contributed by atoms with Gasteiger partial charge in [0.1, 0.15) is 6.42 Å². The molecule has 4 aromatic rings. The van der Waals surface area contributed by atoms with E-state index in [9.17, 15) is 4.79 Å². The molecule has 4 rings (SSSR count). The number of fused-ring (bicyclic) bond motifs is 3. The highest BCUT2D eigenvalue weighted by Crippen LogP contribution is 2.26. The number of carbonyl (C=O) groups excluding carboxylic acids is 1. The zero-order valence-electron chi connectivity index (χ0n) is 14.4. The number of ether oxygens (including phenoxy) is 1. The minimum atomic E-state index is -0.423. The smallest absolute Gasteiger partial charge is 0.313 e. The van der Waals surface area contributed by atoms with Gasteiger partial charge in [-0.3, -0.25) is 9.20 Å². The molecule has 0 radical (unpaired) electrons. The highest BCUT2D eigenvalue weighted by molar-refractivity contribution is 6.31. The van der Waals surface area contributed by atoms with E-state index in [2.05, 4.69) is 30.8 Å². The zero-order chi connectivity index (χ0) is 19.0. The van der Waals surface area contributed by atoms with Crippen molar-refractivity contribution in [2.45, 2.75) is 20.3 Å². The third-order valence-electron chi connectivity index (χ3n) is 3.87. The van der Waals surface area contributed by atoms with Crippen molar-refractivity contribution in [3.8, 4) is 0 Å². The number of benzene rings is 1. The maximum Gasteiger partial charge on any atom is 0.313 e. The lowest BCUT2D eigenvalue weighted by molar-refractivity contribution is -0.142. The molecule has 27 heavy (non-hydrogen) atoms. The highest BCUT2D eigenvalue weighted by Gasteiger charge is 2.20. The van der Waals surface area contributed by atoms with E-state index in [0.717, 1.165) is 5.56 Å². The second kappa shape index (κ2) is 6.80. The van der Waals surface area contributed by atoms with Crippen molar-refractivity contribution in [1.29, 1.82) is 0 Å². The van der Waals surface area contributed by atoms with Crippen LogP contribution >= 0.6 is 11.6 Å². The molecule has 3 heterocycles. The summed E-state index contributed by atoms with van der Waals surface area (Å²) in [5.74, 6) is 0.297. The lowest BCUT2D eigenvalue weighted by Crippen LogP contribution is -2.11. The molecule has 0 saturated carbocycles. The van der Waals surface area contributed by atoms with Crippen LogP contribution in [0.1, 0.15) is 18.3 Å². The molecule has 0 fully saturated rings. The van der Waals surface area contributed by atoms with Gasteiger partial charge >= 0.3 is 5.97 Å². The molecule has 138 valence electrons. The Morgan fingerprint density at radius 2 is 2.15 bits per heavy atom. The molecule has 0 unspecified atom stereocenters. The summed E-state index contributed by atoms with van der Waals surface area (Å²) in [6.07, 6.45) is -0.0726. The summed E-state index contributed by atoms with van der Waals surface area (Å²) < 4.78 is 11.3. The summed E-state index contributed by atoms with van der Waals surface area (Å²) >= 11 is 6.18. The number of aryl methyl sites for hydroxylation is 1. The van der Waals surface area contributed by atoms with Crippen molar-refractivity contribution < 1.29 is 14.2 Å². The number of aromatic nitrogens is 6. The Morgan fingerprint density at radius 1 is 1.30 bits per heavy atom. The fraction of sp³-hybridized carbons (Fsp3) is 0.250. The molecular weight excluding hydrogens is 374 g/mol. The molecule has 0 aliphatic rings. The highest BCUT2D eigenvalue weighted by atomic mass is 35.5. The van der Waals surface area contributed by atoms with Crippen molar-refractivity contribution in [1.82, 2.24) is 29.9 Å². The number of esters is 1. The number of carbonyl (C=O) groups is 1. The Kier molecular flexibility index (Phi) is 4.32. The van der Waals surface area contributed by atoms with Crippen LogP contribution in [-0.2, 0) is 16.0 Å². The van der Waals surface area contributed by atoms with Gasteiger partial charge in [0.25, 0.3) is 0 Å². The summed E-state index contributed by atoms with van der Waals surface area (Å²) in [4.78, 5) is 16.2. The molecule has 11 heteroatoms. The van der Waals surface area contributed by atoms with Gasteiger partial charge in [-0.15, -0.1) is 10.2 Å². The van der Waals surface area contributed by atoms with E-state index < -0.39 is 5.97 Å². The van der Waals surface area contributed by atoms with Gasteiger partial charge in [-0.05, 0) is 41.9 Å². The summed E-state index contributed by atoms with van der Waals surface area (Å²) in [6, 6.07) is 5.52. The number of hydrogen-bond acceptors (Lipinski definition) is 9. The van der Waals surface area contributed by atoms with Gasteiger partial charge in [0.05, 0.1) is 6.61 Å². The molecule has 1 N–H and O–H groups in total. The van der Waals surface area contributed by atoms with Crippen LogP contribution < -0.4 is 5.32 Å². The second-order valence-electron chi connectivity index (χ2n) is 5.72. The normalized spacial score (nSPS) is 11.2. The summed E-state index contributed by atoms with van der Waals surface area (Å²) in [6.45, 7) is 3.92. The first-order valence-electron chi connectivity index (χ1n) is 8.12. The molecule has 0 saturated heterocycles. The second-order valence-corrected chi connectivity index (χ2v) is 6.13. The Balaban J connectivity index is 1.81. The monoisotopic (exact) mass is 387 g/mol. The van der Waals surface area contributed by atoms with Crippen LogP contribution in [0.25, 0.3) is 16.9 Å². The Hall–Kier alpha value is -3.27. The SMILES string of the molecule is CCOC(=O)Cc1nnc2c(Nc3ccc(C)c(Cl)c3)nc3nonc3n12. The molecule has 3 aromatic heterocycles. The average molecular weight is 388 g/mol. The van der Waals surface area contributed by atoms with Gasteiger partial charge in [0, 0.05) is 10.7 Å². The van der Waals surface area contributed by atoms with Crippen LogP contribution in [0, 0.1) is 6.92 Å².